The summed E-state index contributed by atoms with van der Waals surface area (Å²) in [5.74, 6) is 0.742. The zero-order valence-corrected chi connectivity index (χ0v) is 17.9. The van der Waals surface area contributed by atoms with E-state index in [-0.39, 0.29) is 24.0 Å². The van der Waals surface area contributed by atoms with Gasteiger partial charge in [0.2, 0.25) is 0 Å². The van der Waals surface area contributed by atoms with Gasteiger partial charge in [-0.3, -0.25) is 0 Å². The van der Waals surface area contributed by atoms with Crippen LogP contribution in [0.5, 0.6) is 0 Å². The van der Waals surface area contributed by atoms with E-state index in [0.29, 0.717) is 6.54 Å². The fourth-order valence-corrected chi connectivity index (χ4v) is 2.61. The van der Waals surface area contributed by atoms with Gasteiger partial charge in [-0.1, -0.05) is 60.7 Å². The molecule has 0 saturated carbocycles. The average molecular weight is 467 g/mol. The third-order valence-electron chi connectivity index (χ3n) is 4.06. The molecule has 0 bridgehead atoms. The first-order chi connectivity index (χ1) is 12.1. The summed E-state index contributed by atoms with van der Waals surface area (Å²) in [6.07, 6.45) is 2.07. The second kappa shape index (κ2) is 11.9. The smallest absolute Gasteiger partial charge is 0.191 e. The van der Waals surface area contributed by atoms with E-state index in [4.69, 9.17) is 0 Å². The molecule has 0 heterocycles. The van der Waals surface area contributed by atoms with E-state index in [1.807, 2.05) is 43.3 Å². The molecule has 142 valence electrons. The number of aryl methyl sites for hydroxylation is 1. The average Bonchev–Trinajstić information content (AvgIpc) is 2.65. The molecule has 0 aromatic heterocycles. The van der Waals surface area contributed by atoms with Gasteiger partial charge in [-0.2, -0.15) is 0 Å². The van der Waals surface area contributed by atoms with Gasteiger partial charge in [0, 0.05) is 13.1 Å². The third-order valence-corrected chi connectivity index (χ3v) is 4.06. The Bertz CT molecular complexity index is 645. The first-order valence-corrected chi connectivity index (χ1v) is 8.96. The summed E-state index contributed by atoms with van der Waals surface area (Å²) >= 11 is 0. The maximum absolute atomic E-state index is 10.7. The van der Waals surface area contributed by atoms with E-state index in [1.165, 1.54) is 5.56 Å². The van der Waals surface area contributed by atoms with Crippen LogP contribution in [-0.4, -0.2) is 30.7 Å². The minimum atomic E-state index is -0.979. The molecule has 5 heteroatoms. The number of rotatable bonds is 8. The lowest BCUT2D eigenvalue weighted by molar-refractivity contribution is 0.0672. The molecule has 2 aromatic carbocycles. The molecule has 0 spiro atoms. The molecule has 0 aliphatic rings. The van der Waals surface area contributed by atoms with Crippen LogP contribution in [0.4, 0.5) is 0 Å². The Morgan fingerprint density at radius 1 is 1.00 bits per heavy atom. The molecule has 0 aliphatic heterocycles. The number of aliphatic hydroxyl groups is 1. The van der Waals surface area contributed by atoms with Crippen LogP contribution in [0.25, 0.3) is 0 Å². The standard InChI is InChI=1S/C21H29N3O.HI/c1-3-22-20(23-16-10-13-18-11-6-4-7-12-18)24-17-21(2,25)19-14-8-5-9-15-19;/h4-9,11-12,14-15,25H,3,10,13,16-17H2,1-2H3,(H2,22,23,24);1H. The predicted molar refractivity (Wildman–Crippen MR) is 120 cm³/mol. The highest BCUT2D eigenvalue weighted by Crippen LogP contribution is 2.20. The van der Waals surface area contributed by atoms with Crippen molar-refractivity contribution in [1.82, 2.24) is 10.6 Å². The summed E-state index contributed by atoms with van der Waals surface area (Å²) in [6.45, 7) is 5.78. The van der Waals surface area contributed by atoms with Crippen molar-refractivity contribution < 1.29 is 5.11 Å². The van der Waals surface area contributed by atoms with Crippen LogP contribution in [0.1, 0.15) is 31.4 Å². The van der Waals surface area contributed by atoms with Crippen LogP contribution >= 0.6 is 24.0 Å². The highest BCUT2D eigenvalue weighted by Gasteiger charge is 2.22. The van der Waals surface area contributed by atoms with Gasteiger partial charge in [-0.15, -0.1) is 24.0 Å². The predicted octanol–water partition coefficient (Wildman–Crippen LogP) is 3.70. The number of guanidine groups is 1. The number of nitrogens with zero attached hydrogens (tertiary/aromatic N) is 1. The van der Waals surface area contributed by atoms with Crippen molar-refractivity contribution in [2.24, 2.45) is 4.99 Å². The van der Waals surface area contributed by atoms with Gasteiger partial charge in [0.15, 0.2) is 5.96 Å². The summed E-state index contributed by atoms with van der Waals surface area (Å²) in [7, 11) is 0. The molecule has 2 aromatic rings. The normalized spacial score (nSPS) is 13.4. The number of benzene rings is 2. The molecular formula is C21H30IN3O. The summed E-state index contributed by atoms with van der Waals surface area (Å²) in [5, 5.41) is 17.2. The first-order valence-electron chi connectivity index (χ1n) is 8.96. The summed E-state index contributed by atoms with van der Waals surface area (Å²) in [6, 6.07) is 20.1. The molecule has 26 heavy (non-hydrogen) atoms. The van der Waals surface area contributed by atoms with Gasteiger partial charge in [0.1, 0.15) is 5.60 Å². The lowest BCUT2D eigenvalue weighted by Gasteiger charge is -2.22. The molecule has 2 rings (SSSR count). The Labute approximate surface area is 174 Å². The largest absolute Gasteiger partial charge is 0.384 e. The van der Waals surface area contributed by atoms with Gasteiger partial charge in [0.25, 0.3) is 0 Å². The van der Waals surface area contributed by atoms with Gasteiger partial charge in [0.05, 0.1) is 6.54 Å². The number of hydrogen-bond acceptors (Lipinski definition) is 2. The summed E-state index contributed by atoms with van der Waals surface area (Å²) in [4.78, 5) is 4.55. The van der Waals surface area contributed by atoms with E-state index in [9.17, 15) is 5.11 Å². The van der Waals surface area contributed by atoms with Crippen molar-refractivity contribution in [2.45, 2.75) is 32.3 Å². The number of aliphatic imine (C=N–C) groups is 1. The molecule has 1 unspecified atom stereocenters. The van der Waals surface area contributed by atoms with Crippen molar-refractivity contribution in [3.63, 3.8) is 0 Å². The second-order valence-corrected chi connectivity index (χ2v) is 6.35. The summed E-state index contributed by atoms with van der Waals surface area (Å²) in [5.41, 5.74) is 1.24. The minimum Gasteiger partial charge on any atom is -0.384 e. The topological polar surface area (TPSA) is 56.7 Å². The lowest BCUT2D eigenvalue weighted by Crippen LogP contribution is -2.39. The monoisotopic (exact) mass is 467 g/mol. The lowest BCUT2D eigenvalue weighted by atomic mass is 9.96. The minimum absolute atomic E-state index is 0. The van der Waals surface area contributed by atoms with Crippen molar-refractivity contribution in [2.75, 3.05) is 19.6 Å². The van der Waals surface area contributed by atoms with Crippen LogP contribution in [0.3, 0.4) is 0 Å². The molecule has 4 nitrogen and oxygen atoms in total. The van der Waals surface area contributed by atoms with Crippen molar-refractivity contribution >= 4 is 29.9 Å². The van der Waals surface area contributed by atoms with Gasteiger partial charge in [-0.05, 0) is 37.8 Å². The van der Waals surface area contributed by atoms with E-state index in [2.05, 4.69) is 39.9 Å². The van der Waals surface area contributed by atoms with Crippen LogP contribution in [0.15, 0.2) is 65.7 Å². The van der Waals surface area contributed by atoms with Gasteiger partial charge < -0.3 is 15.7 Å². The SMILES string of the molecule is CCNC(=NCC(C)(O)c1ccccc1)NCCCc1ccccc1.I. The highest BCUT2D eigenvalue weighted by atomic mass is 127. The Kier molecular flexibility index (Phi) is 10.3. The van der Waals surface area contributed by atoms with E-state index in [1.54, 1.807) is 6.92 Å². The molecule has 0 aliphatic carbocycles. The molecule has 0 radical (unpaired) electrons. The molecule has 1 atom stereocenters. The summed E-state index contributed by atoms with van der Waals surface area (Å²) < 4.78 is 0. The Balaban J connectivity index is 0.00000338. The number of nitrogens with one attached hydrogen (secondary N) is 2. The fourth-order valence-electron chi connectivity index (χ4n) is 2.61. The van der Waals surface area contributed by atoms with Crippen LogP contribution in [0, 0.1) is 0 Å². The zero-order valence-electron chi connectivity index (χ0n) is 15.6. The van der Waals surface area contributed by atoms with Gasteiger partial charge in [-0.25, -0.2) is 4.99 Å². The second-order valence-electron chi connectivity index (χ2n) is 6.35. The van der Waals surface area contributed by atoms with Crippen LogP contribution in [0.2, 0.25) is 0 Å². The number of hydrogen-bond donors (Lipinski definition) is 3. The van der Waals surface area contributed by atoms with E-state index >= 15 is 0 Å². The molecule has 0 saturated heterocycles. The zero-order chi connectivity index (χ0) is 18.0. The fraction of sp³-hybridized carbons (Fsp3) is 0.381. The Hall–Kier alpha value is -1.60. The molecule has 3 N–H and O–H groups in total. The van der Waals surface area contributed by atoms with Crippen molar-refractivity contribution in [3.8, 4) is 0 Å². The Morgan fingerprint density at radius 2 is 1.62 bits per heavy atom. The van der Waals surface area contributed by atoms with E-state index in [0.717, 1.165) is 37.5 Å². The van der Waals surface area contributed by atoms with Crippen molar-refractivity contribution in [3.05, 3.63) is 71.8 Å². The van der Waals surface area contributed by atoms with Crippen LogP contribution < -0.4 is 10.6 Å². The van der Waals surface area contributed by atoms with Crippen molar-refractivity contribution in [1.29, 1.82) is 0 Å². The third kappa shape index (κ3) is 7.74. The maximum Gasteiger partial charge on any atom is 0.191 e. The molecular weight excluding hydrogens is 437 g/mol. The number of halogens is 1. The van der Waals surface area contributed by atoms with Crippen LogP contribution in [-0.2, 0) is 12.0 Å². The molecule has 0 amide bonds. The maximum atomic E-state index is 10.7. The quantitative estimate of drug-likeness (QED) is 0.240. The highest BCUT2D eigenvalue weighted by molar-refractivity contribution is 14.0. The molecule has 0 fully saturated rings. The van der Waals surface area contributed by atoms with Gasteiger partial charge >= 0.3 is 0 Å². The Morgan fingerprint density at radius 3 is 2.23 bits per heavy atom. The first kappa shape index (κ1) is 22.4. The van der Waals surface area contributed by atoms with E-state index < -0.39 is 5.60 Å².